The average molecular weight is 256 g/mol. The third kappa shape index (κ3) is 1.83. The van der Waals surface area contributed by atoms with Crippen molar-refractivity contribution in [3.63, 3.8) is 0 Å². The van der Waals surface area contributed by atoms with Gasteiger partial charge in [0.05, 0.1) is 6.26 Å². The topological polar surface area (TPSA) is 54.3 Å². The molecule has 0 unspecified atom stereocenters. The van der Waals surface area contributed by atoms with E-state index in [1.54, 1.807) is 6.26 Å². The van der Waals surface area contributed by atoms with Gasteiger partial charge in [-0.05, 0) is 49.6 Å². The summed E-state index contributed by atoms with van der Waals surface area (Å²) in [5.74, 6) is 0.758. The molecule has 4 rings (SSSR count). The van der Waals surface area contributed by atoms with E-state index in [1.165, 1.54) is 6.42 Å². The predicted octanol–water partition coefficient (Wildman–Crippen LogP) is 1.91. The standard InChI is InChI=1S/C15H16N2O2/c18-15(17-13-6-9-5-12(13)16-8-9)11-1-2-14-10(7-11)3-4-19-14/h1-4,7,9,12-13,16H,5-6,8H2,(H,17,18)/t9-,12-,13-/m1/s1. The quantitative estimate of drug-likeness (QED) is 0.863. The Kier molecular flexibility index (Phi) is 2.38. The van der Waals surface area contributed by atoms with Gasteiger partial charge in [-0.25, -0.2) is 0 Å². The molecule has 1 aromatic carbocycles. The minimum Gasteiger partial charge on any atom is -0.464 e. The van der Waals surface area contributed by atoms with Crippen LogP contribution < -0.4 is 10.6 Å². The van der Waals surface area contributed by atoms with Gasteiger partial charge in [0.1, 0.15) is 5.58 Å². The summed E-state index contributed by atoms with van der Waals surface area (Å²) in [4.78, 5) is 12.3. The SMILES string of the molecule is O=C(N[C@@H]1C[C@@H]2CN[C@@H]1C2)c1ccc2occc2c1. The van der Waals surface area contributed by atoms with Crippen LogP contribution in [0.4, 0.5) is 0 Å². The van der Waals surface area contributed by atoms with Crippen molar-refractivity contribution >= 4 is 16.9 Å². The number of hydrogen-bond donors (Lipinski definition) is 2. The molecule has 2 fully saturated rings. The van der Waals surface area contributed by atoms with Crippen LogP contribution in [-0.4, -0.2) is 24.5 Å². The van der Waals surface area contributed by atoms with E-state index in [-0.39, 0.29) is 11.9 Å². The summed E-state index contributed by atoms with van der Waals surface area (Å²) in [5, 5.41) is 7.58. The average Bonchev–Trinajstić information content (AvgIpc) is 3.13. The minimum absolute atomic E-state index is 0.0162. The Morgan fingerprint density at radius 1 is 1.32 bits per heavy atom. The molecule has 2 aromatic rings. The smallest absolute Gasteiger partial charge is 0.251 e. The van der Waals surface area contributed by atoms with E-state index in [4.69, 9.17) is 4.42 Å². The van der Waals surface area contributed by atoms with Gasteiger partial charge in [0, 0.05) is 23.0 Å². The summed E-state index contributed by atoms with van der Waals surface area (Å²) in [7, 11) is 0. The first-order chi connectivity index (χ1) is 9.29. The van der Waals surface area contributed by atoms with E-state index in [0.717, 1.165) is 29.9 Å². The van der Waals surface area contributed by atoms with Gasteiger partial charge in [0.2, 0.25) is 0 Å². The molecule has 2 aliphatic rings. The van der Waals surface area contributed by atoms with E-state index in [1.807, 2.05) is 24.3 Å². The van der Waals surface area contributed by atoms with E-state index >= 15 is 0 Å². The van der Waals surface area contributed by atoms with Crippen molar-refractivity contribution in [2.75, 3.05) is 6.54 Å². The molecule has 4 nitrogen and oxygen atoms in total. The monoisotopic (exact) mass is 256 g/mol. The second-order valence-electron chi connectivity index (χ2n) is 5.61. The van der Waals surface area contributed by atoms with Crippen LogP contribution in [0.3, 0.4) is 0 Å². The van der Waals surface area contributed by atoms with Gasteiger partial charge in [-0.2, -0.15) is 0 Å². The van der Waals surface area contributed by atoms with E-state index < -0.39 is 0 Å². The summed E-state index contributed by atoms with van der Waals surface area (Å²) in [6.07, 6.45) is 3.95. The molecule has 1 saturated heterocycles. The van der Waals surface area contributed by atoms with Crippen molar-refractivity contribution in [3.8, 4) is 0 Å². The maximum Gasteiger partial charge on any atom is 0.251 e. The second-order valence-corrected chi connectivity index (χ2v) is 5.61. The Balaban J connectivity index is 1.53. The van der Waals surface area contributed by atoms with Crippen LogP contribution in [0.5, 0.6) is 0 Å². The van der Waals surface area contributed by atoms with Crippen LogP contribution >= 0.6 is 0 Å². The fraction of sp³-hybridized carbons (Fsp3) is 0.400. The number of hydrogen-bond acceptors (Lipinski definition) is 3. The number of nitrogens with one attached hydrogen (secondary N) is 2. The second kappa shape index (κ2) is 4.10. The van der Waals surface area contributed by atoms with Crippen LogP contribution in [0.15, 0.2) is 34.9 Å². The molecule has 1 aromatic heterocycles. The molecule has 4 heteroatoms. The molecule has 1 aliphatic heterocycles. The highest BCUT2D eigenvalue weighted by atomic mass is 16.3. The van der Waals surface area contributed by atoms with Gasteiger partial charge in [0.15, 0.2) is 0 Å². The first-order valence-electron chi connectivity index (χ1n) is 6.81. The van der Waals surface area contributed by atoms with Gasteiger partial charge in [0.25, 0.3) is 5.91 Å². The minimum atomic E-state index is 0.0162. The van der Waals surface area contributed by atoms with Crippen molar-refractivity contribution in [1.82, 2.24) is 10.6 Å². The normalized spacial score (nSPS) is 28.9. The first kappa shape index (κ1) is 11.1. The highest BCUT2D eigenvalue weighted by Crippen LogP contribution is 2.31. The Morgan fingerprint density at radius 2 is 2.26 bits per heavy atom. The van der Waals surface area contributed by atoms with Crippen molar-refractivity contribution in [2.45, 2.75) is 24.9 Å². The fourth-order valence-corrected chi connectivity index (χ4v) is 3.37. The third-order valence-corrected chi connectivity index (χ3v) is 4.36. The molecule has 0 spiro atoms. The molecule has 1 amide bonds. The molecule has 19 heavy (non-hydrogen) atoms. The Morgan fingerprint density at radius 3 is 3.05 bits per heavy atom. The zero-order valence-electron chi connectivity index (χ0n) is 10.6. The molecule has 2 heterocycles. The molecule has 2 bridgehead atoms. The van der Waals surface area contributed by atoms with Crippen LogP contribution in [0.2, 0.25) is 0 Å². The number of furan rings is 1. The lowest BCUT2D eigenvalue weighted by molar-refractivity contribution is 0.0928. The van der Waals surface area contributed by atoms with Gasteiger partial charge in [-0.1, -0.05) is 0 Å². The molecule has 98 valence electrons. The lowest BCUT2D eigenvalue weighted by Crippen LogP contribution is -2.47. The van der Waals surface area contributed by atoms with Crippen molar-refractivity contribution in [2.24, 2.45) is 5.92 Å². The highest BCUT2D eigenvalue weighted by molar-refractivity contribution is 5.97. The molecule has 2 N–H and O–H groups in total. The van der Waals surface area contributed by atoms with Crippen LogP contribution in [0.25, 0.3) is 11.0 Å². The number of carbonyl (C=O) groups is 1. The lowest BCUT2D eigenvalue weighted by Gasteiger charge is -2.23. The number of rotatable bonds is 2. The molecule has 3 atom stereocenters. The number of piperidine rings is 1. The highest BCUT2D eigenvalue weighted by Gasteiger charge is 2.39. The van der Waals surface area contributed by atoms with E-state index in [0.29, 0.717) is 11.6 Å². The molecule has 1 saturated carbocycles. The van der Waals surface area contributed by atoms with Gasteiger partial charge in [-0.3, -0.25) is 4.79 Å². The van der Waals surface area contributed by atoms with Gasteiger partial charge in [-0.15, -0.1) is 0 Å². The summed E-state index contributed by atoms with van der Waals surface area (Å²) in [6, 6.07) is 8.18. The summed E-state index contributed by atoms with van der Waals surface area (Å²) >= 11 is 0. The van der Waals surface area contributed by atoms with Crippen molar-refractivity contribution in [1.29, 1.82) is 0 Å². The largest absolute Gasteiger partial charge is 0.464 e. The lowest BCUT2D eigenvalue weighted by atomic mass is 10.1. The fourth-order valence-electron chi connectivity index (χ4n) is 3.37. The van der Waals surface area contributed by atoms with Gasteiger partial charge < -0.3 is 15.1 Å². The summed E-state index contributed by atoms with van der Waals surface area (Å²) < 4.78 is 5.28. The predicted molar refractivity (Wildman–Crippen MR) is 72.0 cm³/mol. The first-order valence-corrected chi connectivity index (χ1v) is 6.81. The molecule has 1 aliphatic carbocycles. The van der Waals surface area contributed by atoms with Crippen LogP contribution in [0, 0.1) is 5.92 Å². The number of carbonyl (C=O) groups excluding carboxylic acids is 1. The third-order valence-electron chi connectivity index (χ3n) is 4.36. The van der Waals surface area contributed by atoms with Crippen LogP contribution in [-0.2, 0) is 0 Å². The van der Waals surface area contributed by atoms with Crippen molar-refractivity contribution in [3.05, 3.63) is 36.1 Å². The maximum atomic E-state index is 12.3. The number of benzene rings is 1. The Hall–Kier alpha value is -1.81. The van der Waals surface area contributed by atoms with E-state index in [9.17, 15) is 4.79 Å². The van der Waals surface area contributed by atoms with Crippen LogP contribution in [0.1, 0.15) is 23.2 Å². The van der Waals surface area contributed by atoms with Gasteiger partial charge >= 0.3 is 0 Å². The van der Waals surface area contributed by atoms with E-state index in [2.05, 4.69) is 10.6 Å². The molecular formula is C15H16N2O2. The zero-order chi connectivity index (χ0) is 12.8. The summed E-state index contributed by atoms with van der Waals surface area (Å²) in [5.41, 5.74) is 1.52. The van der Waals surface area contributed by atoms with Crippen molar-refractivity contribution < 1.29 is 9.21 Å². The Labute approximate surface area is 111 Å². The molecular weight excluding hydrogens is 240 g/mol. The molecule has 0 radical (unpaired) electrons. The maximum absolute atomic E-state index is 12.3. The number of fused-ring (bicyclic) bond motifs is 3. The summed E-state index contributed by atoms with van der Waals surface area (Å²) in [6.45, 7) is 1.11. The number of amides is 1. The zero-order valence-corrected chi connectivity index (χ0v) is 10.6. The Bertz CT molecular complexity index is 634.